The van der Waals surface area contributed by atoms with Gasteiger partial charge in [0.1, 0.15) is 0 Å². The van der Waals surface area contributed by atoms with Crippen LogP contribution in [-0.4, -0.2) is 15.1 Å². The molecule has 3 aromatic rings. The Kier molecular flexibility index (Phi) is 3.16. The smallest absolute Gasteiger partial charge is 0.258 e. The van der Waals surface area contributed by atoms with Gasteiger partial charge in [-0.3, -0.25) is 4.98 Å². The fourth-order valence-corrected chi connectivity index (χ4v) is 2.05. The molecule has 5 nitrogen and oxygen atoms in total. The highest BCUT2D eigenvalue weighted by atomic mass is 16.5. The van der Waals surface area contributed by atoms with Gasteiger partial charge in [0.05, 0.1) is 0 Å². The van der Waals surface area contributed by atoms with Gasteiger partial charge >= 0.3 is 0 Å². The normalized spacial score (nSPS) is 10.7. The Morgan fingerprint density at radius 3 is 2.70 bits per heavy atom. The first-order valence-electron chi connectivity index (χ1n) is 6.30. The summed E-state index contributed by atoms with van der Waals surface area (Å²) >= 11 is 0. The lowest BCUT2D eigenvalue weighted by Crippen LogP contribution is -1.91. The summed E-state index contributed by atoms with van der Waals surface area (Å²) in [4.78, 5) is 8.41. The summed E-state index contributed by atoms with van der Waals surface area (Å²) in [7, 11) is 0. The van der Waals surface area contributed by atoms with Crippen LogP contribution in [0.15, 0.2) is 47.2 Å². The van der Waals surface area contributed by atoms with Gasteiger partial charge in [-0.05, 0) is 48.4 Å². The Balaban J connectivity index is 1.87. The Morgan fingerprint density at radius 1 is 1.15 bits per heavy atom. The van der Waals surface area contributed by atoms with Gasteiger partial charge in [-0.1, -0.05) is 5.16 Å². The third kappa shape index (κ3) is 2.51. The number of hydrogen-bond donors (Lipinski definition) is 1. The molecular formula is C15H14N4O. The lowest BCUT2D eigenvalue weighted by Gasteiger charge is -2.01. The van der Waals surface area contributed by atoms with Crippen molar-refractivity contribution in [3.63, 3.8) is 0 Å². The summed E-state index contributed by atoms with van der Waals surface area (Å²) in [6, 6.07) is 9.49. The van der Waals surface area contributed by atoms with Crippen LogP contribution in [0.1, 0.15) is 17.0 Å². The molecule has 0 amide bonds. The second-order valence-corrected chi connectivity index (χ2v) is 4.62. The number of aromatic nitrogens is 3. The zero-order valence-electron chi connectivity index (χ0n) is 11.1. The molecule has 0 radical (unpaired) electrons. The number of hydrogen-bond acceptors (Lipinski definition) is 5. The van der Waals surface area contributed by atoms with Gasteiger partial charge in [0.2, 0.25) is 0 Å². The zero-order valence-corrected chi connectivity index (χ0v) is 11.1. The van der Waals surface area contributed by atoms with E-state index in [0.717, 1.165) is 22.4 Å². The second-order valence-electron chi connectivity index (χ2n) is 4.62. The number of nitrogens with zero attached hydrogens (tertiary/aromatic N) is 3. The fraction of sp³-hybridized carbons (Fsp3) is 0.133. The summed E-state index contributed by atoms with van der Waals surface area (Å²) in [5.74, 6) is 1.17. The number of rotatable bonds is 3. The number of nitrogen functional groups attached to an aromatic ring is 1. The van der Waals surface area contributed by atoms with E-state index in [9.17, 15) is 0 Å². The van der Waals surface area contributed by atoms with Crippen LogP contribution in [-0.2, 0) is 6.42 Å². The van der Waals surface area contributed by atoms with Crippen LogP contribution >= 0.6 is 0 Å². The van der Waals surface area contributed by atoms with Crippen molar-refractivity contribution in [2.24, 2.45) is 0 Å². The first-order valence-corrected chi connectivity index (χ1v) is 6.30. The van der Waals surface area contributed by atoms with Crippen molar-refractivity contribution in [3.05, 3.63) is 59.7 Å². The summed E-state index contributed by atoms with van der Waals surface area (Å²) < 4.78 is 5.33. The molecule has 0 fully saturated rings. The van der Waals surface area contributed by atoms with Crippen LogP contribution in [0.4, 0.5) is 5.69 Å². The van der Waals surface area contributed by atoms with E-state index >= 15 is 0 Å². The van der Waals surface area contributed by atoms with E-state index in [0.29, 0.717) is 18.1 Å². The molecule has 0 aliphatic carbocycles. The monoisotopic (exact) mass is 266 g/mol. The molecule has 20 heavy (non-hydrogen) atoms. The van der Waals surface area contributed by atoms with E-state index in [-0.39, 0.29) is 0 Å². The van der Waals surface area contributed by atoms with Gasteiger partial charge in [0.15, 0.2) is 5.82 Å². The number of aryl methyl sites for hydroxylation is 1. The number of benzene rings is 1. The van der Waals surface area contributed by atoms with Crippen LogP contribution < -0.4 is 5.73 Å². The van der Waals surface area contributed by atoms with Crippen LogP contribution in [0.2, 0.25) is 0 Å². The number of anilines is 1. The summed E-state index contributed by atoms with van der Waals surface area (Å²) in [5, 5.41) is 4.01. The molecule has 0 spiro atoms. The van der Waals surface area contributed by atoms with Crippen LogP contribution in [0.25, 0.3) is 11.5 Å². The standard InChI is InChI=1S/C15H14N4O/c1-10-8-12(16)2-3-13(10)15-18-14(19-20-15)9-11-4-6-17-7-5-11/h2-8H,9,16H2,1H3. The summed E-state index contributed by atoms with van der Waals surface area (Å²) in [5.41, 5.74) is 9.49. The molecule has 2 N–H and O–H groups in total. The molecule has 0 aliphatic rings. The SMILES string of the molecule is Cc1cc(N)ccc1-c1nc(Cc2ccncc2)no1. The minimum Gasteiger partial charge on any atom is -0.399 e. The predicted molar refractivity (Wildman–Crippen MR) is 75.9 cm³/mol. The minimum absolute atomic E-state index is 0.520. The van der Waals surface area contributed by atoms with Crippen LogP contribution in [0.3, 0.4) is 0 Å². The lowest BCUT2D eigenvalue weighted by molar-refractivity contribution is 0.423. The van der Waals surface area contributed by atoms with E-state index < -0.39 is 0 Å². The molecule has 0 atom stereocenters. The van der Waals surface area contributed by atoms with Crippen molar-refractivity contribution in [1.82, 2.24) is 15.1 Å². The summed E-state index contributed by atoms with van der Waals surface area (Å²) in [6.07, 6.45) is 4.13. The van der Waals surface area contributed by atoms with Crippen LogP contribution in [0.5, 0.6) is 0 Å². The third-order valence-electron chi connectivity index (χ3n) is 3.06. The van der Waals surface area contributed by atoms with E-state index in [1.165, 1.54) is 0 Å². The quantitative estimate of drug-likeness (QED) is 0.737. The molecule has 0 aliphatic heterocycles. The van der Waals surface area contributed by atoms with E-state index in [1.54, 1.807) is 12.4 Å². The van der Waals surface area contributed by atoms with Crippen molar-refractivity contribution in [3.8, 4) is 11.5 Å². The molecule has 100 valence electrons. The van der Waals surface area contributed by atoms with Crippen molar-refractivity contribution in [2.45, 2.75) is 13.3 Å². The average Bonchev–Trinajstić information content (AvgIpc) is 2.88. The maximum Gasteiger partial charge on any atom is 0.258 e. The van der Waals surface area contributed by atoms with Crippen molar-refractivity contribution in [2.75, 3.05) is 5.73 Å². The Hall–Kier alpha value is -2.69. The average molecular weight is 266 g/mol. The molecule has 0 saturated heterocycles. The van der Waals surface area contributed by atoms with Gasteiger partial charge in [-0.15, -0.1) is 0 Å². The molecule has 3 rings (SSSR count). The Morgan fingerprint density at radius 2 is 1.95 bits per heavy atom. The minimum atomic E-state index is 0.520. The van der Waals surface area contributed by atoms with E-state index in [1.807, 2.05) is 37.3 Å². The molecule has 2 heterocycles. The van der Waals surface area contributed by atoms with Gasteiger partial charge in [0, 0.05) is 30.1 Å². The lowest BCUT2D eigenvalue weighted by atomic mass is 10.1. The second kappa shape index (κ2) is 5.13. The van der Waals surface area contributed by atoms with E-state index in [4.69, 9.17) is 10.3 Å². The van der Waals surface area contributed by atoms with Crippen molar-refractivity contribution < 1.29 is 4.52 Å². The largest absolute Gasteiger partial charge is 0.399 e. The molecule has 0 unspecified atom stereocenters. The maximum atomic E-state index is 5.74. The fourth-order valence-electron chi connectivity index (χ4n) is 2.05. The molecule has 0 bridgehead atoms. The van der Waals surface area contributed by atoms with Gasteiger partial charge in [-0.2, -0.15) is 4.98 Å². The molecule has 1 aromatic carbocycles. The maximum absolute atomic E-state index is 5.74. The van der Waals surface area contributed by atoms with Crippen molar-refractivity contribution in [1.29, 1.82) is 0 Å². The van der Waals surface area contributed by atoms with Crippen LogP contribution in [0, 0.1) is 6.92 Å². The number of pyridine rings is 1. The summed E-state index contributed by atoms with van der Waals surface area (Å²) in [6.45, 7) is 1.97. The highest BCUT2D eigenvalue weighted by molar-refractivity contribution is 5.62. The van der Waals surface area contributed by atoms with Gasteiger partial charge in [-0.25, -0.2) is 0 Å². The van der Waals surface area contributed by atoms with E-state index in [2.05, 4.69) is 15.1 Å². The highest BCUT2D eigenvalue weighted by Crippen LogP contribution is 2.23. The first kappa shape index (κ1) is 12.3. The molecule has 0 saturated carbocycles. The Labute approximate surface area is 116 Å². The molecule has 2 aromatic heterocycles. The molecular weight excluding hydrogens is 252 g/mol. The predicted octanol–water partition coefficient (Wildman–Crippen LogP) is 2.61. The molecule has 5 heteroatoms. The number of nitrogens with two attached hydrogens (primary N) is 1. The zero-order chi connectivity index (χ0) is 13.9. The highest BCUT2D eigenvalue weighted by Gasteiger charge is 2.11. The van der Waals surface area contributed by atoms with Crippen molar-refractivity contribution >= 4 is 5.69 Å². The topological polar surface area (TPSA) is 77.8 Å². The van der Waals surface area contributed by atoms with Gasteiger partial charge < -0.3 is 10.3 Å². The first-order chi connectivity index (χ1) is 9.72. The van der Waals surface area contributed by atoms with Gasteiger partial charge in [0.25, 0.3) is 5.89 Å². The third-order valence-corrected chi connectivity index (χ3v) is 3.06. The Bertz CT molecular complexity index is 722.